The number of benzene rings is 1. The molecule has 0 unspecified atom stereocenters. The van der Waals surface area contributed by atoms with Gasteiger partial charge in [0.1, 0.15) is 5.75 Å². The van der Waals surface area contributed by atoms with Gasteiger partial charge in [-0.3, -0.25) is 0 Å². The summed E-state index contributed by atoms with van der Waals surface area (Å²) in [5.74, 6) is 0.515. The van der Waals surface area contributed by atoms with Gasteiger partial charge in [0, 0.05) is 24.1 Å². The standard InChI is InChI=1S/C18H24NO3/c1-12(2)17(20)22-10-9-19-13(3)18(4,5)15-11-14(21-6)7-8-16(15)19/h7-8,11H,1,9-10H2,2-6H3/q+1. The number of esters is 1. The van der Waals surface area contributed by atoms with Crippen LogP contribution in [0, 0.1) is 0 Å². The molecule has 1 heterocycles. The summed E-state index contributed by atoms with van der Waals surface area (Å²) in [5, 5.41) is 0. The maximum atomic E-state index is 11.5. The van der Waals surface area contributed by atoms with Gasteiger partial charge in [-0.25, -0.2) is 4.79 Å². The molecule has 0 N–H and O–H groups in total. The minimum Gasteiger partial charge on any atom is -0.497 e. The summed E-state index contributed by atoms with van der Waals surface area (Å²) < 4.78 is 12.8. The monoisotopic (exact) mass is 302 g/mol. The Morgan fingerprint density at radius 2 is 2.05 bits per heavy atom. The van der Waals surface area contributed by atoms with Crippen molar-refractivity contribution in [1.82, 2.24) is 0 Å². The number of nitrogens with zero attached hydrogens (tertiary/aromatic N) is 1. The van der Waals surface area contributed by atoms with E-state index in [0.29, 0.717) is 18.7 Å². The summed E-state index contributed by atoms with van der Waals surface area (Å²) >= 11 is 0. The van der Waals surface area contributed by atoms with Gasteiger partial charge in [0.2, 0.25) is 5.69 Å². The highest BCUT2D eigenvalue weighted by atomic mass is 16.5. The molecule has 0 amide bonds. The lowest BCUT2D eigenvalue weighted by atomic mass is 9.82. The maximum absolute atomic E-state index is 11.5. The Kier molecular flexibility index (Phi) is 4.40. The number of ether oxygens (including phenoxy) is 2. The summed E-state index contributed by atoms with van der Waals surface area (Å²) in [5.41, 5.74) is 3.97. The third-order valence-corrected chi connectivity index (χ3v) is 4.37. The van der Waals surface area contributed by atoms with Crippen molar-refractivity contribution in [3.63, 3.8) is 0 Å². The molecule has 4 nitrogen and oxygen atoms in total. The fourth-order valence-corrected chi connectivity index (χ4v) is 2.73. The average molecular weight is 302 g/mol. The van der Waals surface area contributed by atoms with Crippen LogP contribution in [0.2, 0.25) is 0 Å². The number of hydrogen-bond donors (Lipinski definition) is 0. The molecular weight excluding hydrogens is 278 g/mol. The minimum atomic E-state index is -0.342. The van der Waals surface area contributed by atoms with Crippen molar-refractivity contribution in [3.8, 4) is 5.75 Å². The summed E-state index contributed by atoms with van der Waals surface area (Å²) in [4.78, 5) is 11.5. The SMILES string of the molecule is C=C(C)C(=O)OCC[N+]1=C(C)C(C)(C)c2cc(OC)ccc21. The number of fused-ring (bicyclic) bond motifs is 1. The first-order chi connectivity index (χ1) is 10.3. The molecule has 1 aliphatic rings. The first-order valence-electron chi connectivity index (χ1n) is 7.41. The quantitative estimate of drug-likeness (QED) is 0.476. The van der Waals surface area contributed by atoms with Crippen LogP contribution in [0.3, 0.4) is 0 Å². The molecule has 0 fully saturated rings. The molecule has 0 spiro atoms. The first-order valence-corrected chi connectivity index (χ1v) is 7.41. The minimum absolute atomic E-state index is 0.0672. The second-order valence-electron chi connectivity index (χ2n) is 6.16. The largest absolute Gasteiger partial charge is 0.497 e. The Bertz CT molecular complexity index is 656. The van der Waals surface area contributed by atoms with Crippen molar-refractivity contribution in [2.75, 3.05) is 20.3 Å². The van der Waals surface area contributed by atoms with E-state index in [4.69, 9.17) is 9.47 Å². The van der Waals surface area contributed by atoms with E-state index in [-0.39, 0.29) is 11.4 Å². The fourth-order valence-electron chi connectivity index (χ4n) is 2.73. The van der Waals surface area contributed by atoms with E-state index in [1.54, 1.807) is 14.0 Å². The molecular formula is C18H24NO3+. The van der Waals surface area contributed by atoms with Crippen LogP contribution in [0.25, 0.3) is 0 Å². The molecule has 2 rings (SSSR count). The van der Waals surface area contributed by atoms with Crippen molar-refractivity contribution < 1.29 is 18.8 Å². The molecule has 0 radical (unpaired) electrons. The zero-order valence-corrected chi connectivity index (χ0v) is 14.0. The van der Waals surface area contributed by atoms with Crippen LogP contribution in [0.15, 0.2) is 30.4 Å². The van der Waals surface area contributed by atoms with Gasteiger partial charge >= 0.3 is 5.97 Å². The number of carbonyl (C=O) groups excluding carboxylic acids is 1. The molecule has 0 bridgehead atoms. The number of hydrogen-bond acceptors (Lipinski definition) is 3. The zero-order valence-electron chi connectivity index (χ0n) is 14.0. The second-order valence-corrected chi connectivity index (χ2v) is 6.16. The Labute approximate surface area is 132 Å². The molecule has 0 aromatic heterocycles. The lowest BCUT2D eigenvalue weighted by molar-refractivity contribution is -0.442. The maximum Gasteiger partial charge on any atom is 0.333 e. The van der Waals surface area contributed by atoms with Crippen LogP contribution >= 0.6 is 0 Å². The Hall–Kier alpha value is -2.10. The van der Waals surface area contributed by atoms with E-state index in [1.165, 1.54) is 11.3 Å². The smallest absolute Gasteiger partial charge is 0.333 e. The van der Waals surface area contributed by atoms with Crippen LogP contribution in [-0.4, -0.2) is 36.5 Å². The van der Waals surface area contributed by atoms with Crippen molar-refractivity contribution in [3.05, 3.63) is 35.9 Å². The van der Waals surface area contributed by atoms with Gasteiger partial charge in [-0.2, -0.15) is 4.58 Å². The molecule has 0 atom stereocenters. The Balaban J connectivity index is 2.24. The molecule has 0 saturated heterocycles. The lowest BCUT2D eigenvalue weighted by Gasteiger charge is -2.15. The highest BCUT2D eigenvalue weighted by Gasteiger charge is 2.43. The lowest BCUT2D eigenvalue weighted by Crippen LogP contribution is -2.27. The van der Waals surface area contributed by atoms with E-state index < -0.39 is 0 Å². The van der Waals surface area contributed by atoms with Gasteiger partial charge in [0.05, 0.1) is 12.5 Å². The predicted octanol–water partition coefficient (Wildman–Crippen LogP) is 3.21. The third kappa shape index (κ3) is 2.78. The Morgan fingerprint density at radius 1 is 1.36 bits per heavy atom. The van der Waals surface area contributed by atoms with Crippen LogP contribution in [0.4, 0.5) is 5.69 Å². The second kappa shape index (κ2) is 5.95. The van der Waals surface area contributed by atoms with Crippen LogP contribution in [0.5, 0.6) is 5.75 Å². The van der Waals surface area contributed by atoms with Gasteiger partial charge in [-0.15, -0.1) is 0 Å². The summed E-state index contributed by atoms with van der Waals surface area (Å²) in [7, 11) is 1.68. The third-order valence-electron chi connectivity index (χ3n) is 4.37. The van der Waals surface area contributed by atoms with Gasteiger partial charge in [0.15, 0.2) is 18.9 Å². The molecule has 0 aliphatic carbocycles. The Morgan fingerprint density at radius 3 is 2.64 bits per heavy atom. The zero-order chi connectivity index (χ0) is 16.5. The van der Waals surface area contributed by atoms with Crippen LogP contribution in [-0.2, 0) is 14.9 Å². The number of carbonyl (C=O) groups is 1. The molecule has 4 heteroatoms. The molecule has 22 heavy (non-hydrogen) atoms. The summed E-state index contributed by atoms with van der Waals surface area (Å²) in [6.45, 7) is 12.7. The van der Waals surface area contributed by atoms with Crippen molar-refractivity contribution in [1.29, 1.82) is 0 Å². The van der Waals surface area contributed by atoms with Crippen LogP contribution in [0.1, 0.15) is 33.3 Å². The van der Waals surface area contributed by atoms with E-state index in [1.807, 2.05) is 6.07 Å². The molecule has 1 aromatic rings. The summed E-state index contributed by atoms with van der Waals surface area (Å²) in [6, 6.07) is 6.10. The predicted molar refractivity (Wildman–Crippen MR) is 87.3 cm³/mol. The topological polar surface area (TPSA) is 38.5 Å². The number of methoxy groups -OCH3 is 1. The summed E-state index contributed by atoms with van der Waals surface area (Å²) in [6.07, 6.45) is 0. The average Bonchev–Trinajstić information content (AvgIpc) is 2.67. The molecule has 0 saturated carbocycles. The normalized spacial score (nSPS) is 15.5. The van der Waals surface area contributed by atoms with Gasteiger partial charge in [-0.05, 0) is 32.9 Å². The van der Waals surface area contributed by atoms with E-state index >= 15 is 0 Å². The van der Waals surface area contributed by atoms with Crippen LogP contribution < -0.4 is 4.74 Å². The van der Waals surface area contributed by atoms with Crippen molar-refractivity contribution in [2.24, 2.45) is 0 Å². The number of rotatable bonds is 5. The fraction of sp³-hybridized carbons (Fsp3) is 0.444. The van der Waals surface area contributed by atoms with Gasteiger partial charge in [-0.1, -0.05) is 6.58 Å². The first kappa shape index (κ1) is 16.3. The van der Waals surface area contributed by atoms with Crippen molar-refractivity contribution >= 4 is 17.4 Å². The van der Waals surface area contributed by atoms with E-state index in [9.17, 15) is 4.79 Å². The van der Waals surface area contributed by atoms with Gasteiger partial charge in [0.25, 0.3) is 0 Å². The van der Waals surface area contributed by atoms with E-state index in [2.05, 4.69) is 44.1 Å². The highest BCUT2D eigenvalue weighted by molar-refractivity contribution is 5.93. The van der Waals surface area contributed by atoms with Gasteiger partial charge < -0.3 is 9.47 Å². The highest BCUT2D eigenvalue weighted by Crippen LogP contribution is 2.41. The van der Waals surface area contributed by atoms with Crippen molar-refractivity contribution in [2.45, 2.75) is 33.1 Å². The molecule has 118 valence electrons. The molecule has 1 aliphatic heterocycles. The molecule has 1 aromatic carbocycles. The van der Waals surface area contributed by atoms with E-state index in [0.717, 1.165) is 11.4 Å².